The van der Waals surface area contributed by atoms with Crippen molar-refractivity contribution in [1.29, 1.82) is 0 Å². The quantitative estimate of drug-likeness (QED) is 0.732. The van der Waals surface area contributed by atoms with E-state index in [2.05, 4.69) is 5.32 Å². The Labute approximate surface area is 132 Å². The van der Waals surface area contributed by atoms with Crippen molar-refractivity contribution in [1.82, 2.24) is 5.32 Å². The van der Waals surface area contributed by atoms with Crippen molar-refractivity contribution >= 4 is 16.9 Å². The molecule has 0 saturated heterocycles. The molecule has 2 aromatic carbocycles. The molecule has 0 saturated carbocycles. The van der Waals surface area contributed by atoms with Gasteiger partial charge in [0.2, 0.25) is 0 Å². The summed E-state index contributed by atoms with van der Waals surface area (Å²) in [4.78, 5) is 11.4. The molecule has 23 heavy (non-hydrogen) atoms. The van der Waals surface area contributed by atoms with Gasteiger partial charge in [-0.2, -0.15) is 0 Å². The van der Waals surface area contributed by atoms with Crippen LogP contribution in [0.25, 0.3) is 11.0 Å². The van der Waals surface area contributed by atoms with E-state index in [9.17, 15) is 14.3 Å². The standard InChI is InChI=1S/C18H16FNO3/c19-14-6-7-17-13(9-14)10-15(23-17)11-20-16(18(21)22)8-12-4-2-1-3-5-12/h1-7,9-10,16,20H,8,11H2,(H,21,22)/t16-/m0/s1. The van der Waals surface area contributed by atoms with Crippen LogP contribution in [0.3, 0.4) is 0 Å². The van der Waals surface area contributed by atoms with Crippen LogP contribution >= 0.6 is 0 Å². The van der Waals surface area contributed by atoms with Crippen LogP contribution in [0.2, 0.25) is 0 Å². The molecule has 0 aliphatic heterocycles. The zero-order valence-electron chi connectivity index (χ0n) is 12.3. The first-order chi connectivity index (χ1) is 11.1. The lowest BCUT2D eigenvalue weighted by Crippen LogP contribution is -2.37. The number of furan rings is 1. The molecule has 1 aromatic heterocycles. The molecule has 118 valence electrons. The van der Waals surface area contributed by atoms with Crippen molar-refractivity contribution in [2.45, 2.75) is 19.0 Å². The van der Waals surface area contributed by atoms with Crippen LogP contribution in [0.1, 0.15) is 11.3 Å². The number of aliphatic carboxylic acids is 1. The Morgan fingerprint density at radius 2 is 1.96 bits per heavy atom. The molecule has 0 fully saturated rings. The number of nitrogens with one attached hydrogen (secondary N) is 1. The number of carbonyl (C=O) groups is 1. The lowest BCUT2D eigenvalue weighted by atomic mass is 10.1. The van der Waals surface area contributed by atoms with Gasteiger partial charge in [0, 0.05) is 5.39 Å². The summed E-state index contributed by atoms with van der Waals surface area (Å²) in [5, 5.41) is 13.0. The van der Waals surface area contributed by atoms with E-state index in [1.807, 2.05) is 30.3 Å². The van der Waals surface area contributed by atoms with Gasteiger partial charge in [0.1, 0.15) is 23.2 Å². The molecule has 4 nitrogen and oxygen atoms in total. The fourth-order valence-electron chi connectivity index (χ4n) is 2.48. The first-order valence-corrected chi connectivity index (χ1v) is 7.30. The monoisotopic (exact) mass is 313 g/mol. The van der Waals surface area contributed by atoms with E-state index in [0.29, 0.717) is 23.2 Å². The summed E-state index contributed by atoms with van der Waals surface area (Å²) >= 11 is 0. The topological polar surface area (TPSA) is 62.5 Å². The molecule has 3 aromatic rings. The molecule has 0 amide bonds. The van der Waals surface area contributed by atoms with E-state index in [1.54, 1.807) is 12.1 Å². The average Bonchev–Trinajstić information content (AvgIpc) is 2.94. The molecule has 0 spiro atoms. The maximum Gasteiger partial charge on any atom is 0.321 e. The van der Waals surface area contributed by atoms with Gasteiger partial charge >= 0.3 is 5.97 Å². The van der Waals surface area contributed by atoms with Gasteiger partial charge in [0.05, 0.1) is 6.54 Å². The van der Waals surface area contributed by atoms with Crippen molar-refractivity contribution in [2.75, 3.05) is 0 Å². The molecule has 5 heteroatoms. The summed E-state index contributed by atoms with van der Waals surface area (Å²) < 4.78 is 18.8. The number of carboxylic acids is 1. The Bertz CT molecular complexity index is 814. The Morgan fingerprint density at radius 1 is 1.17 bits per heavy atom. The summed E-state index contributed by atoms with van der Waals surface area (Å²) in [5.41, 5.74) is 1.53. The summed E-state index contributed by atoms with van der Waals surface area (Å²) in [7, 11) is 0. The average molecular weight is 313 g/mol. The van der Waals surface area contributed by atoms with E-state index < -0.39 is 12.0 Å². The number of hydrogen-bond acceptors (Lipinski definition) is 3. The number of carboxylic acid groups (broad SMARTS) is 1. The minimum Gasteiger partial charge on any atom is -0.480 e. The van der Waals surface area contributed by atoms with Crippen molar-refractivity contribution in [3.8, 4) is 0 Å². The molecule has 3 rings (SSSR count). The predicted molar refractivity (Wildman–Crippen MR) is 84.6 cm³/mol. The van der Waals surface area contributed by atoms with Gasteiger partial charge in [-0.05, 0) is 36.2 Å². The molecule has 0 aliphatic rings. The number of rotatable bonds is 6. The third kappa shape index (κ3) is 3.76. The summed E-state index contributed by atoms with van der Waals surface area (Å²) in [6.45, 7) is 0.264. The van der Waals surface area contributed by atoms with Crippen LogP contribution < -0.4 is 5.32 Å². The molecule has 0 radical (unpaired) electrons. The second kappa shape index (κ2) is 6.62. The van der Waals surface area contributed by atoms with Gasteiger partial charge in [-0.25, -0.2) is 4.39 Å². The fraction of sp³-hybridized carbons (Fsp3) is 0.167. The van der Waals surface area contributed by atoms with Crippen molar-refractivity contribution in [3.63, 3.8) is 0 Å². The zero-order valence-corrected chi connectivity index (χ0v) is 12.3. The zero-order chi connectivity index (χ0) is 16.2. The minimum atomic E-state index is -0.920. The van der Waals surface area contributed by atoms with Crippen LogP contribution in [0.5, 0.6) is 0 Å². The Morgan fingerprint density at radius 3 is 2.70 bits per heavy atom. The number of hydrogen-bond donors (Lipinski definition) is 2. The second-order valence-electron chi connectivity index (χ2n) is 5.36. The number of benzene rings is 2. The first kappa shape index (κ1) is 15.2. The molecule has 2 N–H and O–H groups in total. The Kier molecular flexibility index (Phi) is 4.39. The Hall–Kier alpha value is -2.66. The van der Waals surface area contributed by atoms with Gasteiger partial charge in [-0.1, -0.05) is 30.3 Å². The molecular weight excluding hydrogens is 297 g/mol. The van der Waals surface area contributed by atoms with Gasteiger partial charge in [0.25, 0.3) is 0 Å². The maximum atomic E-state index is 13.2. The molecule has 0 unspecified atom stereocenters. The van der Waals surface area contributed by atoms with Crippen molar-refractivity contribution in [2.24, 2.45) is 0 Å². The highest BCUT2D eigenvalue weighted by molar-refractivity contribution is 5.78. The molecule has 0 bridgehead atoms. The van der Waals surface area contributed by atoms with Crippen molar-refractivity contribution < 1.29 is 18.7 Å². The van der Waals surface area contributed by atoms with E-state index in [4.69, 9.17) is 4.42 Å². The van der Waals surface area contributed by atoms with Crippen molar-refractivity contribution in [3.05, 3.63) is 71.7 Å². The summed E-state index contributed by atoms with van der Waals surface area (Å²) in [6.07, 6.45) is 0.380. The SMILES string of the molecule is O=C(O)[C@H](Cc1ccccc1)NCc1cc2cc(F)ccc2o1. The van der Waals surface area contributed by atoms with E-state index >= 15 is 0 Å². The molecule has 1 atom stereocenters. The predicted octanol–water partition coefficient (Wildman–Crippen LogP) is 3.36. The lowest BCUT2D eigenvalue weighted by molar-refractivity contribution is -0.139. The van der Waals surface area contributed by atoms with Gasteiger partial charge in [-0.15, -0.1) is 0 Å². The maximum absolute atomic E-state index is 13.2. The molecule has 0 aliphatic carbocycles. The summed E-state index contributed by atoms with van der Waals surface area (Å²) in [5.74, 6) is -0.675. The Balaban J connectivity index is 1.69. The van der Waals surface area contributed by atoms with Crippen LogP contribution in [-0.2, 0) is 17.8 Å². The number of fused-ring (bicyclic) bond motifs is 1. The highest BCUT2D eigenvalue weighted by atomic mass is 19.1. The fourth-order valence-corrected chi connectivity index (χ4v) is 2.48. The lowest BCUT2D eigenvalue weighted by Gasteiger charge is -2.13. The van der Waals surface area contributed by atoms with Gasteiger partial charge in [0.15, 0.2) is 0 Å². The van der Waals surface area contributed by atoms with Gasteiger partial charge in [-0.3, -0.25) is 10.1 Å². The second-order valence-corrected chi connectivity index (χ2v) is 5.36. The molecule has 1 heterocycles. The first-order valence-electron chi connectivity index (χ1n) is 7.30. The summed E-state index contributed by atoms with van der Waals surface area (Å²) in [6, 6.07) is 14.7. The van der Waals surface area contributed by atoms with Crippen LogP contribution in [0.4, 0.5) is 4.39 Å². The van der Waals surface area contributed by atoms with E-state index in [0.717, 1.165) is 5.56 Å². The largest absolute Gasteiger partial charge is 0.480 e. The third-order valence-corrected chi connectivity index (χ3v) is 3.63. The van der Waals surface area contributed by atoms with Crippen LogP contribution in [-0.4, -0.2) is 17.1 Å². The van der Waals surface area contributed by atoms with Crippen LogP contribution in [0.15, 0.2) is 59.0 Å². The molecular formula is C18H16FNO3. The van der Waals surface area contributed by atoms with Gasteiger partial charge < -0.3 is 9.52 Å². The van der Waals surface area contributed by atoms with E-state index in [1.165, 1.54) is 12.1 Å². The third-order valence-electron chi connectivity index (χ3n) is 3.63. The number of halogens is 1. The highest BCUT2D eigenvalue weighted by Gasteiger charge is 2.18. The smallest absolute Gasteiger partial charge is 0.321 e. The normalized spacial score (nSPS) is 12.4. The van der Waals surface area contributed by atoms with E-state index in [-0.39, 0.29) is 12.4 Å². The minimum absolute atomic E-state index is 0.264. The van der Waals surface area contributed by atoms with Crippen LogP contribution in [0, 0.1) is 5.82 Å². The highest BCUT2D eigenvalue weighted by Crippen LogP contribution is 2.20.